The van der Waals surface area contributed by atoms with Gasteiger partial charge in [0.25, 0.3) is 5.89 Å². The van der Waals surface area contributed by atoms with E-state index in [4.69, 9.17) is 4.52 Å². The molecule has 1 saturated carbocycles. The molecule has 5 nitrogen and oxygen atoms in total. The van der Waals surface area contributed by atoms with Crippen molar-refractivity contribution in [3.8, 4) is 11.5 Å². The number of halogens is 1. The molecular weight excluding hydrogens is 297 g/mol. The zero-order chi connectivity index (χ0) is 15.8. The van der Waals surface area contributed by atoms with E-state index < -0.39 is 0 Å². The molecule has 2 fully saturated rings. The number of carbonyl (C=O) groups is 1. The quantitative estimate of drug-likeness (QED) is 0.870. The number of benzene rings is 1. The van der Waals surface area contributed by atoms with Gasteiger partial charge in [-0.25, -0.2) is 4.39 Å². The highest BCUT2D eigenvalue weighted by Gasteiger charge is 2.36. The van der Waals surface area contributed by atoms with Crippen LogP contribution in [0, 0.1) is 17.7 Å². The summed E-state index contributed by atoms with van der Waals surface area (Å²) in [6, 6.07) is 5.99. The van der Waals surface area contributed by atoms with Crippen LogP contribution in [0.15, 0.2) is 28.8 Å². The van der Waals surface area contributed by atoms with Gasteiger partial charge in [-0.1, -0.05) is 5.16 Å². The number of amides is 1. The summed E-state index contributed by atoms with van der Waals surface area (Å²) in [7, 11) is 0. The average Bonchev–Trinajstić information content (AvgIpc) is 3.13. The second-order valence-electron chi connectivity index (χ2n) is 6.44. The molecule has 2 aromatic rings. The number of likely N-dealkylation sites (tertiary alicyclic amines) is 1. The van der Waals surface area contributed by atoms with Crippen molar-refractivity contribution in [2.75, 3.05) is 13.1 Å². The summed E-state index contributed by atoms with van der Waals surface area (Å²) < 4.78 is 18.2. The second-order valence-corrected chi connectivity index (χ2v) is 6.44. The summed E-state index contributed by atoms with van der Waals surface area (Å²) in [6.45, 7) is 1.62. The van der Waals surface area contributed by atoms with Gasteiger partial charge in [-0.2, -0.15) is 4.98 Å². The van der Waals surface area contributed by atoms with Crippen molar-refractivity contribution in [1.82, 2.24) is 15.0 Å². The molecule has 1 aliphatic heterocycles. The zero-order valence-electron chi connectivity index (χ0n) is 12.7. The van der Waals surface area contributed by atoms with E-state index in [-0.39, 0.29) is 11.7 Å². The lowest BCUT2D eigenvalue weighted by Crippen LogP contribution is -2.30. The molecule has 1 aliphatic carbocycles. The van der Waals surface area contributed by atoms with E-state index >= 15 is 0 Å². The van der Waals surface area contributed by atoms with E-state index in [1.807, 2.05) is 4.90 Å². The molecule has 2 heterocycles. The van der Waals surface area contributed by atoms with Crippen molar-refractivity contribution in [1.29, 1.82) is 0 Å². The van der Waals surface area contributed by atoms with Gasteiger partial charge in [-0.05, 0) is 49.4 Å². The maximum absolute atomic E-state index is 12.9. The smallest absolute Gasteiger partial charge is 0.257 e. The Labute approximate surface area is 133 Å². The molecule has 1 aromatic carbocycles. The molecule has 2 aliphatic rings. The highest BCUT2D eigenvalue weighted by atomic mass is 19.1. The first kappa shape index (κ1) is 14.4. The molecule has 1 amide bonds. The van der Waals surface area contributed by atoms with E-state index in [0.29, 0.717) is 35.5 Å². The van der Waals surface area contributed by atoms with Crippen LogP contribution < -0.4 is 0 Å². The Bertz CT molecular complexity index is 709. The van der Waals surface area contributed by atoms with Gasteiger partial charge in [0.2, 0.25) is 5.91 Å². The van der Waals surface area contributed by atoms with Gasteiger partial charge >= 0.3 is 0 Å². The highest BCUT2D eigenvalue weighted by molar-refractivity contribution is 5.81. The SMILES string of the molecule is O=C(C1CC1)N1CCC(Cc2noc(-c3ccc(F)cc3)n2)C1. The van der Waals surface area contributed by atoms with Gasteiger partial charge in [0.15, 0.2) is 5.82 Å². The molecule has 1 aromatic heterocycles. The van der Waals surface area contributed by atoms with Crippen LogP contribution in [0.1, 0.15) is 25.1 Å². The van der Waals surface area contributed by atoms with Crippen LogP contribution in [0.25, 0.3) is 11.5 Å². The summed E-state index contributed by atoms with van der Waals surface area (Å²) >= 11 is 0. The van der Waals surface area contributed by atoms with Crippen LogP contribution in [-0.2, 0) is 11.2 Å². The lowest BCUT2D eigenvalue weighted by Gasteiger charge is -2.15. The number of hydrogen-bond acceptors (Lipinski definition) is 4. The monoisotopic (exact) mass is 315 g/mol. The van der Waals surface area contributed by atoms with Crippen molar-refractivity contribution in [2.24, 2.45) is 11.8 Å². The number of hydrogen-bond donors (Lipinski definition) is 0. The van der Waals surface area contributed by atoms with Gasteiger partial charge in [-0.15, -0.1) is 0 Å². The summed E-state index contributed by atoms with van der Waals surface area (Å²) in [5.74, 6) is 1.74. The molecule has 1 unspecified atom stereocenters. The molecule has 0 bridgehead atoms. The number of carbonyl (C=O) groups excluding carboxylic acids is 1. The predicted octanol–water partition coefficient (Wildman–Crippen LogP) is 2.68. The van der Waals surface area contributed by atoms with Gasteiger partial charge in [0.1, 0.15) is 5.82 Å². The van der Waals surface area contributed by atoms with Crippen LogP contribution in [0.2, 0.25) is 0 Å². The molecule has 1 atom stereocenters. The minimum Gasteiger partial charge on any atom is -0.342 e. The third-order valence-electron chi connectivity index (χ3n) is 4.55. The van der Waals surface area contributed by atoms with Crippen LogP contribution in [-0.4, -0.2) is 34.0 Å². The fourth-order valence-corrected chi connectivity index (χ4v) is 3.09. The Morgan fingerprint density at radius 1 is 1.26 bits per heavy atom. The second kappa shape index (κ2) is 5.76. The number of aromatic nitrogens is 2. The molecule has 4 rings (SSSR count). The third kappa shape index (κ3) is 3.11. The standard InChI is InChI=1S/C17H18FN3O2/c18-14-5-3-12(4-6-14)16-19-15(20-23-16)9-11-7-8-21(10-11)17(22)13-1-2-13/h3-6,11,13H,1-2,7-10H2. The first-order valence-corrected chi connectivity index (χ1v) is 8.06. The van der Waals surface area contributed by atoms with E-state index in [1.165, 1.54) is 12.1 Å². The Morgan fingerprint density at radius 2 is 2.04 bits per heavy atom. The summed E-state index contributed by atoms with van der Waals surface area (Å²) in [4.78, 5) is 18.4. The van der Waals surface area contributed by atoms with Gasteiger partial charge in [0, 0.05) is 31.0 Å². The first-order valence-electron chi connectivity index (χ1n) is 8.06. The Kier molecular flexibility index (Phi) is 3.59. The molecule has 0 spiro atoms. The fourth-order valence-electron chi connectivity index (χ4n) is 3.09. The third-order valence-corrected chi connectivity index (χ3v) is 4.55. The fraction of sp³-hybridized carbons (Fsp3) is 0.471. The van der Waals surface area contributed by atoms with Crippen molar-refractivity contribution < 1.29 is 13.7 Å². The molecule has 23 heavy (non-hydrogen) atoms. The lowest BCUT2D eigenvalue weighted by atomic mass is 10.1. The van der Waals surface area contributed by atoms with Crippen molar-refractivity contribution in [2.45, 2.75) is 25.7 Å². The van der Waals surface area contributed by atoms with Crippen molar-refractivity contribution >= 4 is 5.91 Å². The lowest BCUT2D eigenvalue weighted by molar-refractivity contribution is -0.131. The Balaban J connectivity index is 1.38. The molecule has 1 saturated heterocycles. The van der Waals surface area contributed by atoms with E-state index in [9.17, 15) is 9.18 Å². The van der Waals surface area contributed by atoms with Crippen molar-refractivity contribution in [3.05, 3.63) is 35.9 Å². The average molecular weight is 315 g/mol. The van der Waals surface area contributed by atoms with Gasteiger partial charge in [-0.3, -0.25) is 4.79 Å². The molecule has 120 valence electrons. The van der Waals surface area contributed by atoms with Gasteiger partial charge in [0.05, 0.1) is 0 Å². The van der Waals surface area contributed by atoms with Crippen LogP contribution in [0.3, 0.4) is 0 Å². The molecular formula is C17H18FN3O2. The van der Waals surface area contributed by atoms with Crippen molar-refractivity contribution in [3.63, 3.8) is 0 Å². The van der Waals surface area contributed by atoms with Crippen LogP contribution in [0.4, 0.5) is 4.39 Å². The number of nitrogens with zero attached hydrogens (tertiary/aromatic N) is 3. The Morgan fingerprint density at radius 3 is 2.78 bits per heavy atom. The first-order chi connectivity index (χ1) is 11.2. The van der Waals surface area contributed by atoms with Crippen LogP contribution >= 0.6 is 0 Å². The minimum absolute atomic E-state index is 0.281. The summed E-state index contributed by atoms with van der Waals surface area (Å²) in [5.41, 5.74) is 0.710. The predicted molar refractivity (Wildman–Crippen MR) is 80.8 cm³/mol. The summed E-state index contributed by atoms with van der Waals surface area (Å²) in [5, 5.41) is 4.01. The zero-order valence-corrected chi connectivity index (χ0v) is 12.7. The van der Waals surface area contributed by atoms with E-state index in [0.717, 1.165) is 32.4 Å². The normalized spacial score (nSPS) is 20.9. The molecule has 0 N–H and O–H groups in total. The topological polar surface area (TPSA) is 59.2 Å². The summed E-state index contributed by atoms with van der Waals surface area (Å²) in [6.07, 6.45) is 3.79. The largest absolute Gasteiger partial charge is 0.342 e. The maximum atomic E-state index is 12.9. The maximum Gasteiger partial charge on any atom is 0.257 e. The number of rotatable bonds is 4. The van der Waals surface area contributed by atoms with Gasteiger partial charge < -0.3 is 9.42 Å². The molecule has 6 heteroatoms. The van der Waals surface area contributed by atoms with E-state index in [1.54, 1.807) is 12.1 Å². The molecule has 0 radical (unpaired) electrons. The minimum atomic E-state index is -0.292. The highest BCUT2D eigenvalue weighted by Crippen LogP contribution is 2.33. The van der Waals surface area contributed by atoms with Crippen LogP contribution in [0.5, 0.6) is 0 Å². The van der Waals surface area contributed by atoms with E-state index in [2.05, 4.69) is 10.1 Å². The Hall–Kier alpha value is -2.24.